The Bertz CT molecular complexity index is 1120. The first-order chi connectivity index (χ1) is 13.9. The number of piperidine rings is 1. The van der Waals surface area contributed by atoms with Crippen molar-refractivity contribution < 1.29 is 4.79 Å². The fourth-order valence-corrected chi connectivity index (χ4v) is 4.07. The molecule has 2 aromatic heterocycles. The predicted octanol–water partition coefficient (Wildman–Crippen LogP) is 4.41. The molecule has 1 saturated heterocycles. The number of carbonyl (C=O) groups is 1. The van der Waals surface area contributed by atoms with Crippen LogP contribution < -0.4 is 10.2 Å². The van der Waals surface area contributed by atoms with Crippen LogP contribution in [0.25, 0.3) is 5.65 Å². The summed E-state index contributed by atoms with van der Waals surface area (Å²) in [6, 6.07) is 9.53. The van der Waals surface area contributed by atoms with Gasteiger partial charge in [0.05, 0.1) is 22.4 Å². The Labute approximate surface area is 174 Å². The van der Waals surface area contributed by atoms with Gasteiger partial charge in [-0.25, -0.2) is 4.98 Å². The van der Waals surface area contributed by atoms with Crippen molar-refractivity contribution in [3.05, 3.63) is 59.0 Å². The normalized spacial score (nSPS) is 15.9. The third-order valence-corrected chi connectivity index (χ3v) is 6.00. The van der Waals surface area contributed by atoms with Gasteiger partial charge in [-0.1, -0.05) is 18.5 Å². The van der Waals surface area contributed by atoms with Crippen molar-refractivity contribution in [2.45, 2.75) is 26.7 Å². The monoisotopic (exact) mass is 407 g/mol. The Morgan fingerprint density at radius 3 is 2.79 bits per heavy atom. The summed E-state index contributed by atoms with van der Waals surface area (Å²) in [4.78, 5) is 19.5. The SMILES string of the molecule is Cc1cc(NC(=O)C2(C)CCN(c3ccc(Cl)cc3C#N)CC2)cn2ccnc12. The smallest absolute Gasteiger partial charge is 0.230 e. The van der Waals surface area contributed by atoms with Crippen molar-refractivity contribution in [2.75, 3.05) is 23.3 Å². The topological polar surface area (TPSA) is 73.4 Å². The third-order valence-electron chi connectivity index (χ3n) is 5.76. The summed E-state index contributed by atoms with van der Waals surface area (Å²) in [5.41, 5.74) is 3.65. The van der Waals surface area contributed by atoms with Gasteiger partial charge < -0.3 is 14.6 Å². The summed E-state index contributed by atoms with van der Waals surface area (Å²) in [5, 5.41) is 13.0. The maximum absolute atomic E-state index is 13.1. The lowest BCUT2D eigenvalue weighted by Crippen LogP contribution is -2.45. The number of pyridine rings is 1. The molecule has 0 atom stereocenters. The van der Waals surface area contributed by atoms with Crippen molar-refractivity contribution in [3.63, 3.8) is 0 Å². The van der Waals surface area contributed by atoms with Gasteiger partial charge in [-0.3, -0.25) is 4.79 Å². The van der Waals surface area contributed by atoms with Crippen LogP contribution in [0.15, 0.2) is 42.9 Å². The first-order valence-electron chi connectivity index (χ1n) is 9.59. The number of amides is 1. The second kappa shape index (κ2) is 7.41. The molecule has 0 aliphatic carbocycles. The minimum Gasteiger partial charge on any atom is -0.370 e. The lowest BCUT2D eigenvalue weighted by Gasteiger charge is -2.39. The molecule has 1 N–H and O–H groups in total. The molecule has 1 aliphatic heterocycles. The number of anilines is 2. The minimum atomic E-state index is -0.465. The van der Waals surface area contributed by atoms with Gasteiger partial charge in [-0.15, -0.1) is 0 Å². The number of imidazole rings is 1. The molecule has 6 nitrogen and oxygen atoms in total. The number of rotatable bonds is 3. The number of nitrogens with zero attached hydrogens (tertiary/aromatic N) is 4. The van der Waals surface area contributed by atoms with Crippen LogP contribution in [0.4, 0.5) is 11.4 Å². The van der Waals surface area contributed by atoms with Crippen molar-refractivity contribution >= 4 is 34.5 Å². The first kappa shape index (κ1) is 19.3. The highest BCUT2D eigenvalue weighted by atomic mass is 35.5. The van der Waals surface area contributed by atoms with Crippen molar-refractivity contribution in [3.8, 4) is 6.07 Å². The zero-order valence-corrected chi connectivity index (χ0v) is 17.2. The van der Waals surface area contributed by atoms with Crippen LogP contribution in [0.5, 0.6) is 0 Å². The van der Waals surface area contributed by atoms with E-state index in [-0.39, 0.29) is 5.91 Å². The molecule has 0 radical (unpaired) electrons. The van der Waals surface area contributed by atoms with Gasteiger partial charge in [0.15, 0.2) is 0 Å². The van der Waals surface area contributed by atoms with E-state index < -0.39 is 5.41 Å². The number of benzene rings is 1. The zero-order valence-electron chi connectivity index (χ0n) is 16.4. The number of hydrogen-bond acceptors (Lipinski definition) is 4. The van der Waals surface area contributed by atoms with Crippen LogP contribution >= 0.6 is 11.6 Å². The van der Waals surface area contributed by atoms with E-state index in [1.54, 1.807) is 18.3 Å². The van der Waals surface area contributed by atoms with E-state index in [0.29, 0.717) is 36.5 Å². The summed E-state index contributed by atoms with van der Waals surface area (Å²) < 4.78 is 1.92. The summed E-state index contributed by atoms with van der Waals surface area (Å²) in [6.07, 6.45) is 6.92. The summed E-state index contributed by atoms with van der Waals surface area (Å²) in [6.45, 7) is 5.41. The molecule has 3 heterocycles. The van der Waals surface area contributed by atoms with E-state index in [4.69, 9.17) is 11.6 Å². The Hall–Kier alpha value is -3.04. The highest BCUT2D eigenvalue weighted by Crippen LogP contribution is 2.36. The second-order valence-electron chi connectivity index (χ2n) is 7.85. The molecule has 4 rings (SSSR count). The van der Waals surface area contributed by atoms with Gasteiger partial charge in [0.1, 0.15) is 11.7 Å². The molecule has 7 heteroatoms. The summed E-state index contributed by atoms with van der Waals surface area (Å²) in [5.74, 6) is 0.0210. The average molecular weight is 408 g/mol. The van der Waals surface area contributed by atoms with Crippen LogP contribution in [0, 0.1) is 23.7 Å². The fourth-order valence-electron chi connectivity index (χ4n) is 3.90. The largest absolute Gasteiger partial charge is 0.370 e. The van der Waals surface area contributed by atoms with Crippen LogP contribution in [0.3, 0.4) is 0 Å². The summed E-state index contributed by atoms with van der Waals surface area (Å²) >= 11 is 6.01. The Balaban J connectivity index is 1.47. The van der Waals surface area contributed by atoms with E-state index in [0.717, 1.165) is 22.6 Å². The van der Waals surface area contributed by atoms with Gasteiger partial charge in [0, 0.05) is 36.7 Å². The number of fused-ring (bicyclic) bond motifs is 1. The molecule has 3 aromatic rings. The van der Waals surface area contributed by atoms with Gasteiger partial charge in [-0.05, 0) is 49.6 Å². The van der Waals surface area contributed by atoms with E-state index >= 15 is 0 Å². The Kier molecular flexibility index (Phi) is 4.93. The number of carbonyl (C=O) groups excluding carboxylic acids is 1. The minimum absolute atomic E-state index is 0.0210. The summed E-state index contributed by atoms with van der Waals surface area (Å²) in [7, 11) is 0. The van der Waals surface area contributed by atoms with E-state index in [1.807, 2.05) is 42.8 Å². The first-order valence-corrected chi connectivity index (χ1v) is 9.97. The highest BCUT2D eigenvalue weighted by molar-refractivity contribution is 6.30. The predicted molar refractivity (Wildman–Crippen MR) is 114 cm³/mol. The number of halogens is 1. The van der Waals surface area contributed by atoms with Gasteiger partial charge in [-0.2, -0.15) is 5.26 Å². The highest BCUT2D eigenvalue weighted by Gasteiger charge is 2.37. The van der Waals surface area contributed by atoms with Crippen LogP contribution in [0.1, 0.15) is 30.9 Å². The van der Waals surface area contributed by atoms with Crippen molar-refractivity contribution in [2.24, 2.45) is 5.41 Å². The molecular formula is C22H22ClN5O. The zero-order chi connectivity index (χ0) is 20.6. The molecule has 1 fully saturated rings. The van der Waals surface area contributed by atoms with Crippen LogP contribution in [-0.4, -0.2) is 28.4 Å². The van der Waals surface area contributed by atoms with E-state index in [2.05, 4.69) is 21.3 Å². The molecule has 148 valence electrons. The molecular weight excluding hydrogens is 386 g/mol. The second-order valence-corrected chi connectivity index (χ2v) is 8.28. The Morgan fingerprint density at radius 1 is 1.31 bits per heavy atom. The lowest BCUT2D eigenvalue weighted by atomic mass is 9.79. The maximum atomic E-state index is 13.1. The van der Waals surface area contributed by atoms with Gasteiger partial charge in [0.25, 0.3) is 0 Å². The van der Waals surface area contributed by atoms with E-state index in [1.165, 1.54) is 0 Å². The number of nitriles is 1. The molecule has 1 aromatic carbocycles. The molecule has 0 unspecified atom stereocenters. The number of aromatic nitrogens is 2. The Morgan fingerprint density at radius 2 is 2.07 bits per heavy atom. The van der Waals surface area contributed by atoms with Gasteiger partial charge in [0.2, 0.25) is 5.91 Å². The van der Waals surface area contributed by atoms with E-state index in [9.17, 15) is 10.1 Å². The van der Waals surface area contributed by atoms with Crippen LogP contribution in [0.2, 0.25) is 5.02 Å². The standard InChI is InChI=1S/C22H22ClN5O/c1-15-11-18(14-28-10-7-25-20(15)28)26-21(29)22(2)5-8-27(9-6-22)19-4-3-17(23)12-16(19)13-24/h3-4,7,10-12,14H,5-6,8-9H2,1-2H3,(H,26,29). The number of nitrogens with one attached hydrogen (secondary N) is 1. The molecule has 1 aliphatic rings. The van der Waals surface area contributed by atoms with Crippen LogP contribution in [-0.2, 0) is 4.79 Å². The van der Waals surface area contributed by atoms with Gasteiger partial charge >= 0.3 is 0 Å². The molecule has 0 spiro atoms. The third kappa shape index (κ3) is 3.66. The molecule has 0 bridgehead atoms. The quantitative estimate of drug-likeness (QED) is 0.697. The number of hydrogen-bond donors (Lipinski definition) is 1. The fraction of sp³-hybridized carbons (Fsp3) is 0.318. The average Bonchev–Trinajstić information content (AvgIpc) is 3.18. The molecule has 0 saturated carbocycles. The molecule has 29 heavy (non-hydrogen) atoms. The number of aryl methyl sites for hydroxylation is 1. The maximum Gasteiger partial charge on any atom is 0.230 e. The molecule has 1 amide bonds. The van der Waals surface area contributed by atoms with Crippen molar-refractivity contribution in [1.29, 1.82) is 5.26 Å². The lowest BCUT2D eigenvalue weighted by molar-refractivity contribution is -0.125. The van der Waals surface area contributed by atoms with Crippen molar-refractivity contribution in [1.82, 2.24) is 9.38 Å².